The summed E-state index contributed by atoms with van der Waals surface area (Å²) in [6.45, 7) is 5.19. The average molecular weight is 373 g/mol. The smallest absolute Gasteiger partial charge is 0.343 e. The molecule has 7 nitrogen and oxygen atoms in total. The van der Waals surface area contributed by atoms with Gasteiger partial charge in [-0.1, -0.05) is 18.2 Å². The van der Waals surface area contributed by atoms with Crippen molar-refractivity contribution in [1.29, 1.82) is 0 Å². The molecule has 0 bridgehead atoms. The first kappa shape index (κ1) is 19.1. The molecule has 2 heterocycles. The molecule has 3 rings (SSSR count). The summed E-state index contributed by atoms with van der Waals surface area (Å²) in [4.78, 5) is 25.1. The summed E-state index contributed by atoms with van der Waals surface area (Å²) in [6, 6.07) is 8.77. The van der Waals surface area contributed by atoms with Crippen LogP contribution in [0.4, 0.5) is 0 Å². The average Bonchev–Trinajstić information content (AvgIpc) is 3.13. The zero-order valence-electron chi connectivity index (χ0n) is 15.4. The van der Waals surface area contributed by atoms with E-state index in [1.165, 1.54) is 6.20 Å². The maximum atomic E-state index is 12.8. The lowest BCUT2D eigenvalue weighted by atomic mass is 10.1. The molecule has 1 aromatic heterocycles. The first-order valence-electron chi connectivity index (χ1n) is 8.99. The summed E-state index contributed by atoms with van der Waals surface area (Å²) in [6.07, 6.45) is 2.91. The minimum absolute atomic E-state index is 0.0499. The molecule has 0 unspecified atom stereocenters. The first-order chi connectivity index (χ1) is 13.1. The summed E-state index contributed by atoms with van der Waals surface area (Å²) < 4.78 is 23.8. The molecule has 1 fully saturated rings. The van der Waals surface area contributed by atoms with Crippen molar-refractivity contribution in [3.05, 3.63) is 58.5 Å². The second-order valence-corrected chi connectivity index (χ2v) is 6.05. The van der Waals surface area contributed by atoms with Crippen LogP contribution in [0.2, 0.25) is 0 Å². The largest absolute Gasteiger partial charge is 0.462 e. The molecule has 0 radical (unpaired) electrons. The van der Waals surface area contributed by atoms with E-state index in [1.54, 1.807) is 42.0 Å². The van der Waals surface area contributed by atoms with Crippen molar-refractivity contribution in [2.45, 2.75) is 26.0 Å². The van der Waals surface area contributed by atoms with E-state index in [-0.39, 0.29) is 30.1 Å². The number of esters is 1. The molecule has 27 heavy (non-hydrogen) atoms. The highest BCUT2D eigenvalue weighted by Gasteiger charge is 2.31. The van der Waals surface area contributed by atoms with Crippen LogP contribution in [0.15, 0.2) is 47.5 Å². The highest BCUT2D eigenvalue weighted by atomic mass is 16.5. The van der Waals surface area contributed by atoms with Crippen LogP contribution in [0.25, 0.3) is 0 Å². The molecule has 0 aliphatic carbocycles. The zero-order valence-corrected chi connectivity index (χ0v) is 15.4. The summed E-state index contributed by atoms with van der Waals surface area (Å²) >= 11 is 0. The van der Waals surface area contributed by atoms with Crippen LogP contribution in [0.5, 0.6) is 11.5 Å². The molecule has 0 N–H and O–H groups in total. The Labute approximate surface area is 157 Å². The highest BCUT2D eigenvalue weighted by Crippen LogP contribution is 2.26. The maximum absolute atomic E-state index is 12.8. The van der Waals surface area contributed by atoms with E-state index in [0.717, 1.165) is 0 Å². The predicted molar refractivity (Wildman–Crippen MR) is 98.4 cm³/mol. The number of carbonyl (C=O) groups is 1. The lowest BCUT2D eigenvalue weighted by Crippen LogP contribution is -2.28. The summed E-state index contributed by atoms with van der Waals surface area (Å²) in [7, 11) is 0. The van der Waals surface area contributed by atoms with Gasteiger partial charge in [0, 0.05) is 12.8 Å². The van der Waals surface area contributed by atoms with Gasteiger partial charge in [0.1, 0.15) is 17.4 Å². The van der Waals surface area contributed by atoms with E-state index < -0.39 is 11.4 Å². The molecule has 144 valence electrons. The van der Waals surface area contributed by atoms with E-state index in [9.17, 15) is 9.59 Å². The van der Waals surface area contributed by atoms with Crippen molar-refractivity contribution in [3.8, 4) is 11.5 Å². The molecule has 0 saturated carbocycles. The Kier molecular flexibility index (Phi) is 6.26. The molecule has 1 aliphatic heterocycles. The number of carbonyl (C=O) groups excluding carboxylic acids is 1. The van der Waals surface area contributed by atoms with E-state index in [1.807, 2.05) is 13.0 Å². The fourth-order valence-electron chi connectivity index (χ4n) is 2.98. The molecule has 1 aliphatic rings. The second kappa shape index (κ2) is 8.83. The summed E-state index contributed by atoms with van der Waals surface area (Å²) in [5.74, 6) is -0.123. The van der Waals surface area contributed by atoms with Crippen LogP contribution in [-0.4, -0.2) is 43.1 Å². The number of benzene rings is 1. The third-order valence-electron chi connectivity index (χ3n) is 4.24. The molecular formula is C20H23NO6. The molecule has 7 heteroatoms. The topological polar surface area (TPSA) is 76.0 Å². The van der Waals surface area contributed by atoms with Gasteiger partial charge in [-0.15, -0.1) is 0 Å². The Balaban J connectivity index is 2.02. The number of nitrogens with zero attached hydrogens (tertiary/aromatic N) is 1. The number of hydrogen-bond acceptors (Lipinski definition) is 6. The van der Waals surface area contributed by atoms with Crippen molar-refractivity contribution in [1.82, 2.24) is 4.57 Å². The Morgan fingerprint density at radius 3 is 2.63 bits per heavy atom. The van der Waals surface area contributed by atoms with Gasteiger partial charge in [-0.05, 0) is 26.0 Å². The van der Waals surface area contributed by atoms with Crippen LogP contribution in [0.3, 0.4) is 0 Å². The fraction of sp³-hybridized carbons (Fsp3) is 0.400. The maximum Gasteiger partial charge on any atom is 0.343 e. The number of ether oxygens (including phenoxy) is 4. The quantitative estimate of drug-likeness (QED) is 0.695. The summed E-state index contributed by atoms with van der Waals surface area (Å²) in [5, 5.41) is 0. The van der Waals surface area contributed by atoms with Crippen molar-refractivity contribution in [3.63, 3.8) is 0 Å². The number of pyridine rings is 1. The molecule has 1 saturated heterocycles. The lowest BCUT2D eigenvalue weighted by molar-refractivity contribution is 0.0358. The van der Waals surface area contributed by atoms with Gasteiger partial charge in [-0.3, -0.25) is 4.79 Å². The first-order valence-corrected chi connectivity index (χ1v) is 8.99. The predicted octanol–water partition coefficient (Wildman–Crippen LogP) is 2.79. The van der Waals surface area contributed by atoms with Crippen molar-refractivity contribution < 1.29 is 23.7 Å². The third-order valence-corrected chi connectivity index (χ3v) is 4.24. The van der Waals surface area contributed by atoms with E-state index in [4.69, 9.17) is 18.9 Å². The Morgan fingerprint density at radius 2 is 1.93 bits per heavy atom. The van der Waals surface area contributed by atoms with Gasteiger partial charge in [0.05, 0.1) is 32.1 Å². The summed E-state index contributed by atoms with van der Waals surface area (Å²) in [5.41, 5.74) is -0.590. The Hall–Kier alpha value is -2.64. The molecular weight excluding hydrogens is 350 g/mol. The van der Waals surface area contributed by atoms with Gasteiger partial charge in [0.25, 0.3) is 0 Å². The highest BCUT2D eigenvalue weighted by molar-refractivity contribution is 5.89. The minimum atomic E-state index is -0.679. The number of aromatic nitrogens is 1. The van der Waals surface area contributed by atoms with Gasteiger partial charge in [-0.2, -0.15) is 0 Å². The number of para-hydroxylation sites is 1. The number of hydrogen-bond donors (Lipinski definition) is 0. The van der Waals surface area contributed by atoms with Crippen molar-refractivity contribution in [2.24, 2.45) is 0 Å². The van der Waals surface area contributed by atoms with Crippen molar-refractivity contribution in [2.75, 3.05) is 26.4 Å². The van der Waals surface area contributed by atoms with Gasteiger partial charge < -0.3 is 23.5 Å². The third kappa shape index (κ3) is 4.37. The molecule has 1 aromatic carbocycles. The van der Waals surface area contributed by atoms with Crippen LogP contribution >= 0.6 is 0 Å². The van der Waals surface area contributed by atoms with E-state index >= 15 is 0 Å². The normalized spacial score (nSPS) is 19.0. The second-order valence-electron chi connectivity index (χ2n) is 6.05. The van der Waals surface area contributed by atoms with Crippen LogP contribution in [-0.2, 0) is 14.2 Å². The molecule has 2 atom stereocenters. The fourth-order valence-corrected chi connectivity index (χ4v) is 2.98. The van der Waals surface area contributed by atoms with Gasteiger partial charge >= 0.3 is 5.97 Å². The Morgan fingerprint density at radius 1 is 1.15 bits per heavy atom. The standard InChI is InChI=1S/C20H23NO6/c1-3-25-18-13-24-12-16(18)21-10-15(20(23)26-4-2)19(22)17(11-21)27-14-8-6-5-7-9-14/h5-11,16,18H,3-4,12-13H2,1-2H3/t16-,18-/m0/s1. The zero-order chi connectivity index (χ0) is 19.2. The van der Waals surface area contributed by atoms with E-state index in [0.29, 0.717) is 25.6 Å². The monoisotopic (exact) mass is 373 g/mol. The van der Waals surface area contributed by atoms with Crippen LogP contribution in [0.1, 0.15) is 30.2 Å². The SMILES string of the molecule is CCOC(=O)c1cn([C@H]2COC[C@@H]2OCC)cc(Oc2ccccc2)c1=O. The van der Waals surface area contributed by atoms with Crippen LogP contribution in [0, 0.1) is 0 Å². The number of rotatable bonds is 7. The van der Waals surface area contributed by atoms with Crippen LogP contribution < -0.4 is 10.2 Å². The van der Waals surface area contributed by atoms with Gasteiger partial charge in [0.15, 0.2) is 5.75 Å². The van der Waals surface area contributed by atoms with Gasteiger partial charge in [-0.25, -0.2) is 4.79 Å². The van der Waals surface area contributed by atoms with E-state index in [2.05, 4.69) is 0 Å². The Bertz CT molecular complexity index is 832. The molecule has 0 spiro atoms. The molecule has 2 aromatic rings. The lowest BCUT2D eigenvalue weighted by Gasteiger charge is -2.22. The van der Waals surface area contributed by atoms with Crippen molar-refractivity contribution >= 4 is 5.97 Å². The van der Waals surface area contributed by atoms with Gasteiger partial charge in [0.2, 0.25) is 5.43 Å². The molecule has 0 amide bonds. The minimum Gasteiger partial charge on any atom is -0.462 e.